The molecule has 0 aliphatic carbocycles. The molecule has 60 heavy (non-hydrogen) atoms. The molecular weight excluding hydrogens is 743 g/mol. The fourth-order valence-corrected chi connectivity index (χ4v) is 10.5. The van der Waals surface area contributed by atoms with Gasteiger partial charge in [0.1, 0.15) is 0 Å². The summed E-state index contributed by atoms with van der Waals surface area (Å²) in [6, 6.07) is 82.5. The Kier molecular flexibility index (Phi) is 8.11. The number of rotatable bonds is 6. The van der Waals surface area contributed by atoms with Crippen molar-refractivity contribution in [2.45, 2.75) is 0 Å². The van der Waals surface area contributed by atoms with Crippen LogP contribution < -0.4 is 4.90 Å². The zero-order chi connectivity index (χ0) is 39.6. The van der Waals surface area contributed by atoms with E-state index in [9.17, 15) is 0 Å². The van der Waals surface area contributed by atoms with Crippen molar-refractivity contribution in [3.63, 3.8) is 0 Å². The minimum Gasteiger partial charge on any atom is -0.310 e. The van der Waals surface area contributed by atoms with E-state index in [2.05, 4.69) is 229 Å². The van der Waals surface area contributed by atoms with Gasteiger partial charge in [0.15, 0.2) is 0 Å². The average molecular weight is 780 g/mol. The second kappa shape index (κ2) is 14.1. The van der Waals surface area contributed by atoms with E-state index in [4.69, 9.17) is 0 Å². The molecule has 11 aromatic carbocycles. The molecule has 12 rings (SSSR count). The van der Waals surface area contributed by atoms with Gasteiger partial charge in [0.25, 0.3) is 0 Å². The van der Waals surface area contributed by atoms with E-state index >= 15 is 0 Å². The lowest BCUT2D eigenvalue weighted by Crippen LogP contribution is -2.10. The standard InChI is InChI=1S/C58H37NS/c1-2-12-38(13-3-1)42-26-27-44-35-47(33-30-43(44)34-42)59(56-37-55-52-19-10-11-21-57(52)60-58(55)53-20-9-8-18-51(53)56)46-31-28-40(29-32-46)39-22-24-41(25-23-39)54-36-45-14-4-5-15-48(45)49-16-6-7-17-50(49)54/h1-37H. The molecule has 0 aliphatic rings. The second-order valence-electron chi connectivity index (χ2n) is 15.7. The maximum atomic E-state index is 2.45. The highest BCUT2D eigenvalue weighted by Gasteiger charge is 2.20. The van der Waals surface area contributed by atoms with Gasteiger partial charge in [0.05, 0.1) is 5.69 Å². The van der Waals surface area contributed by atoms with Crippen LogP contribution in [0.15, 0.2) is 224 Å². The third-order valence-electron chi connectivity index (χ3n) is 12.2. The minimum absolute atomic E-state index is 1.11. The summed E-state index contributed by atoms with van der Waals surface area (Å²) < 4.78 is 2.64. The number of nitrogens with zero attached hydrogens (tertiary/aromatic N) is 1. The average Bonchev–Trinajstić information content (AvgIpc) is 3.71. The topological polar surface area (TPSA) is 3.24 Å². The van der Waals surface area contributed by atoms with E-state index < -0.39 is 0 Å². The molecule has 0 fully saturated rings. The summed E-state index contributed by atoms with van der Waals surface area (Å²) in [5.41, 5.74) is 10.7. The van der Waals surface area contributed by atoms with Crippen molar-refractivity contribution in [1.29, 1.82) is 0 Å². The van der Waals surface area contributed by atoms with Gasteiger partial charge in [0, 0.05) is 42.3 Å². The van der Waals surface area contributed by atoms with Gasteiger partial charge >= 0.3 is 0 Å². The highest BCUT2D eigenvalue weighted by Crippen LogP contribution is 2.47. The smallest absolute Gasteiger partial charge is 0.0547 e. The lowest BCUT2D eigenvalue weighted by Gasteiger charge is -2.28. The van der Waals surface area contributed by atoms with Gasteiger partial charge in [-0.2, -0.15) is 0 Å². The van der Waals surface area contributed by atoms with Crippen molar-refractivity contribution >= 4 is 91.7 Å². The van der Waals surface area contributed by atoms with Crippen molar-refractivity contribution in [1.82, 2.24) is 0 Å². The number of benzene rings is 11. The highest BCUT2D eigenvalue weighted by molar-refractivity contribution is 7.26. The van der Waals surface area contributed by atoms with E-state index in [0.717, 1.165) is 11.4 Å². The third kappa shape index (κ3) is 5.76. The molecule has 0 amide bonds. The summed E-state index contributed by atoms with van der Waals surface area (Å²) >= 11 is 1.89. The van der Waals surface area contributed by atoms with Crippen molar-refractivity contribution in [3.8, 4) is 33.4 Å². The molecule has 0 N–H and O–H groups in total. The number of thiophene rings is 1. The molecule has 0 unspecified atom stereocenters. The van der Waals surface area contributed by atoms with Crippen molar-refractivity contribution in [3.05, 3.63) is 224 Å². The number of fused-ring (bicyclic) bond motifs is 9. The Balaban J connectivity index is 0.980. The normalized spacial score (nSPS) is 11.7. The first-order valence-corrected chi connectivity index (χ1v) is 21.4. The summed E-state index contributed by atoms with van der Waals surface area (Å²) in [4.78, 5) is 2.45. The fraction of sp³-hybridized carbons (Fsp3) is 0. The van der Waals surface area contributed by atoms with Crippen LogP contribution in [0.4, 0.5) is 17.1 Å². The van der Waals surface area contributed by atoms with E-state index in [1.54, 1.807) is 0 Å². The molecule has 1 heterocycles. The fourth-order valence-electron chi connectivity index (χ4n) is 9.26. The first kappa shape index (κ1) is 34.5. The highest BCUT2D eigenvalue weighted by atomic mass is 32.1. The molecule has 280 valence electrons. The Bertz CT molecular complexity index is 3580. The third-order valence-corrected chi connectivity index (χ3v) is 13.4. The molecular formula is C58H37NS. The zero-order valence-corrected chi connectivity index (χ0v) is 33.5. The lowest BCUT2D eigenvalue weighted by molar-refractivity contribution is 1.31. The predicted octanol–water partition coefficient (Wildman–Crippen LogP) is 17.1. The van der Waals surface area contributed by atoms with Crippen LogP contribution in [-0.2, 0) is 0 Å². The van der Waals surface area contributed by atoms with Crippen molar-refractivity contribution in [2.75, 3.05) is 4.90 Å². The van der Waals surface area contributed by atoms with E-state index in [1.165, 1.54) is 102 Å². The lowest BCUT2D eigenvalue weighted by atomic mass is 9.92. The molecule has 0 saturated carbocycles. The van der Waals surface area contributed by atoms with Crippen LogP contribution in [-0.4, -0.2) is 0 Å². The monoisotopic (exact) mass is 779 g/mol. The van der Waals surface area contributed by atoms with Crippen LogP contribution in [0.3, 0.4) is 0 Å². The Hall–Kier alpha value is -7.52. The SMILES string of the molecule is c1ccc(-c2ccc3cc(N(c4ccc(-c5ccc(-c6cc7ccccc7c7ccccc67)cc5)cc4)c4cc5c6ccccc6sc5c5ccccc45)ccc3c2)cc1. The van der Waals surface area contributed by atoms with Crippen molar-refractivity contribution in [2.24, 2.45) is 0 Å². The van der Waals surface area contributed by atoms with Crippen LogP contribution in [0.5, 0.6) is 0 Å². The molecule has 2 heteroatoms. The Morgan fingerprint density at radius 3 is 1.63 bits per heavy atom. The second-order valence-corrected chi connectivity index (χ2v) is 16.7. The first-order chi connectivity index (χ1) is 29.7. The zero-order valence-electron chi connectivity index (χ0n) is 32.7. The Morgan fingerprint density at radius 1 is 0.283 bits per heavy atom. The minimum atomic E-state index is 1.11. The molecule has 0 saturated heterocycles. The van der Waals surface area contributed by atoms with Crippen molar-refractivity contribution < 1.29 is 0 Å². The van der Waals surface area contributed by atoms with Gasteiger partial charge in [-0.1, -0.05) is 176 Å². The number of hydrogen-bond acceptors (Lipinski definition) is 2. The maximum Gasteiger partial charge on any atom is 0.0547 e. The van der Waals surface area contributed by atoms with Crippen LogP contribution in [0, 0.1) is 0 Å². The van der Waals surface area contributed by atoms with Crippen LogP contribution in [0.2, 0.25) is 0 Å². The molecule has 0 bridgehead atoms. The Morgan fingerprint density at radius 2 is 0.833 bits per heavy atom. The molecule has 1 aromatic heterocycles. The molecule has 0 spiro atoms. The van der Waals surface area contributed by atoms with Gasteiger partial charge in [-0.25, -0.2) is 0 Å². The molecule has 12 aromatic rings. The number of anilines is 3. The van der Waals surface area contributed by atoms with E-state index in [1.807, 2.05) is 11.3 Å². The van der Waals surface area contributed by atoms with Crippen LogP contribution >= 0.6 is 11.3 Å². The molecule has 1 nitrogen and oxygen atoms in total. The Labute approximate surface area is 352 Å². The molecule has 0 radical (unpaired) electrons. The van der Waals surface area contributed by atoms with E-state index in [-0.39, 0.29) is 0 Å². The summed E-state index contributed by atoms with van der Waals surface area (Å²) in [6.07, 6.45) is 0. The van der Waals surface area contributed by atoms with Gasteiger partial charge < -0.3 is 4.90 Å². The first-order valence-electron chi connectivity index (χ1n) is 20.6. The summed E-state index contributed by atoms with van der Waals surface area (Å²) in [7, 11) is 0. The summed E-state index contributed by atoms with van der Waals surface area (Å²) in [5.74, 6) is 0. The largest absolute Gasteiger partial charge is 0.310 e. The summed E-state index contributed by atoms with van der Waals surface area (Å²) in [6.45, 7) is 0. The van der Waals surface area contributed by atoms with E-state index in [0.29, 0.717) is 0 Å². The van der Waals surface area contributed by atoms with Crippen LogP contribution in [0.25, 0.3) is 96.6 Å². The predicted molar refractivity (Wildman–Crippen MR) is 260 cm³/mol. The van der Waals surface area contributed by atoms with Gasteiger partial charge in [-0.15, -0.1) is 11.3 Å². The molecule has 0 atom stereocenters. The van der Waals surface area contributed by atoms with Gasteiger partial charge in [0.2, 0.25) is 0 Å². The molecule has 0 aliphatic heterocycles. The number of hydrogen-bond donors (Lipinski definition) is 0. The summed E-state index contributed by atoms with van der Waals surface area (Å²) in [5, 5.41) is 12.6. The van der Waals surface area contributed by atoms with Gasteiger partial charge in [-0.05, 0) is 114 Å². The van der Waals surface area contributed by atoms with Gasteiger partial charge in [-0.3, -0.25) is 0 Å². The quantitative estimate of drug-likeness (QED) is 0.152. The van der Waals surface area contributed by atoms with Crippen LogP contribution in [0.1, 0.15) is 0 Å². The maximum absolute atomic E-state index is 2.45.